The molecule has 0 bridgehead atoms. The summed E-state index contributed by atoms with van der Waals surface area (Å²) in [7, 11) is -2.23. The molecular formula is C19H23NO5S. The first kappa shape index (κ1) is 19.9. The molecule has 0 amide bonds. The van der Waals surface area contributed by atoms with E-state index in [0.717, 1.165) is 11.3 Å². The highest BCUT2D eigenvalue weighted by Crippen LogP contribution is 2.20. The van der Waals surface area contributed by atoms with Gasteiger partial charge in [0.15, 0.2) is 0 Å². The van der Waals surface area contributed by atoms with Gasteiger partial charge >= 0.3 is 5.97 Å². The highest BCUT2D eigenvalue weighted by molar-refractivity contribution is 7.89. The van der Waals surface area contributed by atoms with E-state index in [4.69, 9.17) is 9.47 Å². The Hall–Kier alpha value is -2.38. The minimum Gasteiger partial charge on any atom is -0.494 e. The van der Waals surface area contributed by atoms with Gasteiger partial charge in [0.25, 0.3) is 0 Å². The fraction of sp³-hybridized carbons (Fsp3) is 0.316. The summed E-state index contributed by atoms with van der Waals surface area (Å²) in [6.07, 6.45) is 0. The van der Waals surface area contributed by atoms with Crippen molar-refractivity contribution in [2.45, 2.75) is 25.3 Å². The smallest absolute Gasteiger partial charge is 0.338 e. The van der Waals surface area contributed by atoms with Crippen molar-refractivity contribution in [3.05, 3.63) is 59.7 Å². The van der Waals surface area contributed by atoms with Crippen LogP contribution in [0, 0.1) is 0 Å². The fourth-order valence-electron chi connectivity index (χ4n) is 2.38. The van der Waals surface area contributed by atoms with Gasteiger partial charge in [-0.05, 0) is 49.7 Å². The van der Waals surface area contributed by atoms with E-state index in [1.807, 2.05) is 19.1 Å². The van der Waals surface area contributed by atoms with Gasteiger partial charge in [0.05, 0.1) is 23.7 Å². The summed E-state index contributed by atoms with van der Waals surface area (Å²) >= 11 is 0. The van der Waals surface area contributed by atoms with E-state index < -0.39 is 16.0 Å². The number of nitrogens with zero attached hydrogens (tertiary/aromatic N) is 1. The maximum absolute atomic E-state index is 12.8. The van der Waals surface area contributed by atoms with Crippen LogP contribution in [0.25, 0.3) is 0 Å². The summed E-state index contributed by atoms with van der Waals surface area (Å²) < 4.78 is 37.1. The van der Waals surface area contributed by atoms with Crippen molar-refractivity contribution in [3.8, 4) is 5.75 Å². The van der Waals surface area contributed by atoms with Crippen LogP contribution in [0.15, 0.2) is 53.4 Å². The van der Waals surface area contributed by atoms with Crippen molar-refractivity contribution in [2.75, 3.05) is 20.3 Å². The van der Waals surface area contributed by atoms with Crippen molar-refractivity contribution < 1.29 is 22.7 Å². The number of rotatable bonds is 8. The lowest BCUT2D eigenvalue weighted by Crippen LogP contribution is -2.26. The maximum atomic E-state index is 12.8. The molecule has 0 unspecified atom stereocenters. The van der Waals surface area contributed by atoms with Crippen LogP contribution in [0.5, 0.6) is 5.75 Å². The zero-order chi connectivity index (χ0) is 19.2. The van der Waals surface area contributed by atoms with Gasteiger partial charge in [-0.1, -0.05) is 18.2 Å². The number of carbonyl (C=O) groups is 1. The lowest BCUT2D eigenvalue weighted by molar-refractivity contribution is 0.0526. The van der Waals surface area contributed by atoms with Crippen molar-refractivity contribution >= 4 is 16.0 Å². The van der Waals surface area contributed by atoms with Crippen LogP contribution < -0.4 is 4.74 Å². The largest absolute Gasteiger partial charge is 0.494 e. The lowest BCUT2D eigenvalue weighted by atomic mass is 10.2. The second kappa shape index (κ2) is 8.82. The third kappa shape index (κ3) is 4.83. The predicted molar refractivity (Wildman–Crippen MR) is 98.7 cm³/mol. The molecule has 0 saturated heterocycles. The van der Waals surface area contributed by atoms with Gasteiger partial charge in [0.2, 0.25) is 10.0 Å². The molecule has 26 heavy (non-hydrogen) atoms. The molecule has 0 aliphatic rings. The van der Waals surface area contributed by atoms with Crippen molar-refractivity contribution in [1.29, 1.82) is 0 Å². The molecule has 0 saturated carbocycles. The average molecular weight is 377 g/mol. The highest BCUT2D eigenvalue weighted by Gasteiger charge is 2.22. The van der Waals surface area contributed by atoms with Crippen LogP contribution in [-0.2, 0) is 21.3 Å². The van der Waals surface area contributed by atoms with Crippen LogP contribution in [0.3, 0.4) is 0 Å². The van der Waals surface area contributed by atoms with Crippen LogP contribution in [-0.4, -0.2) is 39.0 Å². The van der Waals surface area contributed by atoms with Gasteiger partial charge in [0.1, 0.15) is 5.75 Å². The maximum Gasteiger partial charge on any atom is 0.338 e. The molecule has 0 radical (unpaired) electrons. The van der Waals surface area contributed by atoms with E-state index >= 15 is 0 Å². The Labute approximate surface area is 154 Å². The second-order valence-corrected chi connectivity index (χ2v) is 7.63. The van der Waals surface area contributed by atoms with Gasteiger partial charge in [-0.25, -0.2) is 13.2 Å². The molecule has 2 aromatic rings. The average Bonchev–Trinajstić information content (AvgIpc) is 2.64. The Morgan fingerprint density at radius 3 is 2.35 bits per heavy atom. The second-order valence-electron chi connectivity index (χ2n) is 5.59. The summed E-state index contributed by atoms with van der Waals surface area (Å²) in [6, 6.07) is 13.1. The predicted octanol–water partition coefficient (Wildman–Crippen LogP) is 3.08. The number of carbonyl (C=O) groups excluding carboxylic acids is 1. The molecule has 0 spiro atoms. The molecule has 0 N–H and O–H groups in total. The van der Waals surface area contributed by atoms with E-state index in [1.54, 1.807) is 19.1 Å². The topological polar surface area (TPSA) is 72.9 Å². The van der Waals surface area contributed by atoms with E-state index in [-0.39, 0.29) is 23.6 Å². The number of hydrogen-bond acceptors (Lipinski definition) is 5. The lowest BCUT2D eigenvalue weighted by Gasteiger charge is -2.18. The van der Waals surface area contributed by atoms with E-state index in [1.165, 1.54) is 35.6 Å². The Balaban J connectivity index is 2.18. The zero-order valence-electron chi connectivity index (χ0n) is 15.1. The summed E-state index contributed by atoms with van der Waals surface area (Å²) in [5, 5.41) is 0. The van der Waals surface area contributed by atoms with Gasteiger partial charge in [-0.15, -0.1) is 0 Å². The molecule has 7 heteroatoms. The molecule has 140 valence electrons. The molecule has 2 aromatic carbocycles. The number of benzene rings is 2. The molecule has 0 fully saturated rings. The van der Waals surface area contributed by atoms with Crippen LogP contribution in [0.4, 0.5) is 0 Å². The SMILES string of the molecule is CCOC(=O)c1cccc(S(=O)(=O)N(C)Cc2ccc(OCC)cc2)c1. The quantitative estimate of drug-likeness (QED) is 0.661. The van der Waals surface area contributed by atoms with E-state index in [0.29, 0.717) is 6.61 Å². The third-order valence-corrected chi connectivity index (χ3v) is 5.49. The number of sulfonamides is 1. The molecule has 0 aliphatic heterocycles. The monoisotopic (exact) mass is 377 g/mol. The minimum atomic E-state index is -3.73. The first-order valence-corrected chi connectivity index (χ1v) is 9.77. The fourth-order valence-corrected chi connectivity index (χ4v) is 3.58. The van der Waals surface area contributed by atoms with Gasteiger partial charge in [0, 0.05) is 13.6 Å². The Morgan fingerprint density at radius 1 is 1.04 bits per heavy atom. The molecule has 6 nitrogen and oxygen atoms in total. The van der Waals surface area contributed by atoms with Crippen molar-refractivity contribution in [1.82, 2.24) is 4.31 Å². The van der Waals surface area contributed by atoms with Crippen molar-refractivity contribution in [3.63, 3.8) is 0 Å². The normalized spacial score (nSPS) is 11.4. The minimum absolute atomic E-state index is 0.0523. The molecule has 2 rings (SSSR count). The number of esters is 1. The summed E-state index contributed by atoms with van der Waals surface area (Å²) in [5.74, 6) is 0.197. The summed E-state index contributed by atoms with van der Waals surface area (Å²) in [6.45, 7) is 4.61. The summed E-state index contributed by atoms with van der Waals surface area (Å²) in [4.78, 5) is 11.9. The van der Waals surface area contributed by atoms with Gasteiger partial charge < -0.3 is 9.47 Å². The van der Waals surface area contributed by atoms with Crippen LogP contribution in [0.2, 0.25) is 0 Å². The Morgan fingerprint density at radius 2 is 1.73 bits per heavy atom. The molecule has 0 atom stereocenters. The van der Waals surface area contributed by atoms with Crippen molar-refractivity contribution in [2.24, 2.45) is 0 Å². The molecular weight excluding hydrogens is 354 g/mol. The first-order chi connectivity index (χ1) is 12.4. The van der Waals surface area contributed by atoms with E-state index in [2.05, 4.69) is 0 Å². The van der Waals surface area contributed by atoms with Gasteiger partial charge in [-0.2, -0.15) is 4.31 Å². The first-order valence-electron chi connectivity index (χ1n) is 8.33. The molecule has 0 aromatic heterocycles. The van der Waals surface area contributed by atoms with Crippen LogP contribution >= 0.6 is 0 Å². The number of ether oxygens (including phenoxy) is 2. The van der Waals surface area contributed by atoms with Crippen LogP contribution in [0.1, 0.15) is 29.8 Å². The summed E-state index contributed by atoms with van der Waals surface area (Å²) in [5.41, 5.74) is 1.04. The Bertz CT molecular complexity index is 846. The van der Waals surface area contributed by atoms with E-state index in [9.17, 15) is 13.2 Å². The number of hydrogen-bond donors (Lipinski definition) is 0. The zero-order valence-corrected chi connectivity index (χ0v) is 16.0. The Kier molecular flexibility index (Phi) is 6.76. The third-order valence-electron chi connectivity index (χ3n) is 3.69. The highest BCUT2D eigenvalue weighted by atomic mass is 32.2. The standard InChI is InChI=1S/C19H23NO5S/c1-4-24-17-11-9-15(10-12-17)14-20(3)26(22,23)18-8-6-7-16(13-18)19(21)25-5-2/h6-13H,4-5,14H2,1-3H3. The molecule has 0 heterocycles. The molecule has 0 aliphatic carbocycles. The van der Waals surface area contributed by atoms with Gasteiger partial charge in [-0.3, -0.25) is 0 Å².